The fourth-order valence-electron chi connectivity index (χ4n) is 2.49. The largest absolute Gasteiger partial charge is 0.351 e. The highest BCUT2D eigenvalue weighted by molar-refractivity contribution is 7.89. The first-order chi connectivity index (χ1) is 14.3. The van der Waals surface area contributed by atoms with Crippen molar-refractivity contribution < 1.29 is 18.0 Å². The van der Waals surface area contributed by atoms with E-state index < -0.39 is 10.0 Å². The van der Waals surface area contributed by atoms with Crippen molar-refractivity contribution in [2.75, 3.05) is 18.4 Å². The molecule has 0 saturated carbocycles. The summed E-state index contributed by atoms with van der Waals surface area (Å²) in [7, 11) is -3.71. The smallest absolute Gasteiger partial charge is 0.265 e. The van der Waals surface area contributed by atoms with E-state index >= 15 is 0 Å². The van der Waals surface area contributed by atoms with Crippen molar-refractivity contribution >= 4 is 50.5 Å². The lowest BCUT2D eigenvalue weighted by Crippen LogP contribution is -2.34. The highest BCUT2D eigenvalue weighted by Gasteiger charge is 2.14. The van der Waals surface area contributed by atoms with Crippen LogP contribution in [0.5, 0.6) is 0 Å². The molecule has 0 saturated heterocycles. The molecule has 0 aliphatic heterocycles. The fraction of sp³-hybridized carbons (Fsp3) is 0.100. The van der Waals surface area contributed by atoms with Gasteiger partial charge < -0.3 is 10.6 Å². The summed E-state index contributed by atoms with van der Waals surface area (Å²) in [5.74, 6) is -0.567. The number of anilines is 1. The maximum absolute atomic E-state index is 12.2. The van der Waals surface area contributed by atoms with E-state index in [1.165, 1.54) is 23.5 Å². The van der Waals surface area contributed by atoms with Gasteiger partial charge in [0.05, 0.1) is 9.77 Å². The van der Waals surface area contributed by atoms with Gasteiger partial charge in [0, 0.05) is 29.4 Å². The molecule has 7 nitrogen and oxygen atoms in total. The van der Waals surface area contributed by atoms with Crippen LogP contribution in [0.1, 0.15) is 20.0 Å². The van der Waals surface area contributed by atoms with Gasteiger partial charge in [-0.2, -0.15) is 0 Å². The molecule has 1 aromatic heterocycles. The van der Waals surface area contributed by atoms with E-state index in [1.807, 2.05) is 5.38 Å². The molecular formula is C20H18ClN3O4S2. The predicted octanol–water partition coefficient (Wildman–Crippen LogP) is 3.36. The minimum Gasteiger partial charge on any atom is -0.351 e. The van der Waals surface area contributed by atoms with Crippen LogP contribution in [0.15, 0.2) is 70.9 Å². The Morgan fingerprint density at radius 1 is 0.933 bits per heavy atom. The molecule has 2 amide bonds. The van der Waals surface area contributed by atoms with Gasteiger partial charge in [-0.25, -0.2) is 13.1 Å². The van der Waals surface area contributed by atoms with Crippen LogP contribution >= 0.6 is 22.9 Å². The average Bonchev–Trinajstić information content (AvgIpc) is 3.27. The Hall–Kier alpha value is -2.72. The third kappa shape index (κ3) is 5.90. The Kier molecular flexibility index (Phi) is 7.22. The topological polar surface area (TPSA) is 104 Å². The second-order valence-electron chi connectivity index (χ2n) is 6.12. The van der Waals surface area contributed by atoms with Crippen molar-refractivity contribution in [3.63, 3.8) is 0 Å². The van der Waals surface area contributed by atoms with Crippen molar-refractivity contribution in [1.82, 2.24) is 10.0 Å². The minimum atomic E-state index is -3.71. The third-order valence-corrected chi connectivity index (χ3v) is 6.52. The van der Waals surface area contributed by atoms with Crippen molar-refractivity contribution in [1.29, 1.82) is 0 Å². The number of rotatable bonds is 8. The van der Waals surface area contributed by atoms with Crippen LogP contribution < -0.4 is 15.4 Å². The zero-order valence-electron chi connectivity index (χ0n) is 15.6. The van der Waals surface area contributed by atoms with E-state index in [9.17, 15) is 18.0 Å². The number of carbonyl (C=O) groups is 2. The van der Waals surface area contributed by atoms with Crippen molar-refractivity contribution in [3.8, 4) is 0 Å². The monoisotopic (exact) mass is 463 g/mol. The zero-order valence-corrected chi connectivity index (χ0v) is 18.0. The minimum absolute atomic E-state index is 0.0234. The number of hydrogen-bond donors (Lipinski definition) is 3. The van der Waals surface area contributed by atoms with Gasteiger partial charge >= 0.3 is 0 Å². The molecule has 0 aliphatic carbocycles. The highest BCUT2D eigenvalue weighted by atomic mass is 35.5. The molecule has 10 heteroatoms. The highest BCUT2D eigenvalue weighted by Crippen LogP contribution is 2.15. The molecule has 1 heterocycles. The third-order valence-electron chi connectivity index (χ3n) is 3.96. The first-order valence-corrected chi connectivity index (χ1v) is 11.6. The molecule has 0 radical (unpaired) electrons. The molecule has 0 unspecified atom stereocenters. The average molecular weight is 464 g/mol. The SMILES string of the molecule is O=C(NCCNS(=O)(=O)c1cccc(Cl)c1)c1ccc(NC(=O)c2cccs2)cc1. The lowest BCUT2D eigenvalue weighted by molar-refractivity contribution is 0.0953. The summed E-state index contributed by atoms with van der Waals surface area (Å²) in [6.45, 7) is 0.130. The normalized spacial score (nSPS) is 11.1. The van der Waals surface area contributed by atoms with Crippen LogP contribution in [0, 0.1) is 0 Å². The molecule has 0 atom stereocenters. The van der Waals surface area contributed by atoms with E-state index in [2.05, 4.69) is 15.4 Å². The van der Waals surface area contributed by atoms with Gasteiger partial charge in [-0.05, 0) is 53.9 Å². The molecular weight excluding hydrogens is 446 g/mol. The fourth-order valence-corrected chi connectivity index (χ4v) is 4.44. The van der Waals surface area contributed by atoms with E-state index in [0.717, 1.165) is 0 Å². The summed E-state index contributed by atoms with van der Waals surface area (Å²) in [6.07, 6.45) is 0. The van der Waals surface area contributed by atoms with E-state index in [4.69, 9.17) is 11.6 Å². The summed E-state index contributed by atoms with van der Waals surface area (Å²) in [6, 6.07) is 15.8. The Labute approximate surface area is 183 Å². The summed E-state index contributed by atoms with van der Waals surface area (Å²) in [5.41, 5.74) is 0.959. The number of hydrogen-bond acceptors (Lipinski definition) is 5. The number of amides is 2. The first-order valence-electron chi connectivity index (χ1n) is 8.83. The Balaban J connectivity index is 1.47. The molecule has 0 fully saturated rings. The first kappa shape index (κ1) is 22.0. The Bertz CT molecular complexity index is 1130. The molecule has 156 valence electrons. The molecule has 0 aliphatic rings. The number of thiophene rings is 1. The van der Waals surface area contributed by atoms with E-state index in [-0.39, 0.29) is 29.8 Å². The molecule has 0 bridgehead atoms. The molecule has 3 rings (SSSR count). The summed E-state index contributed by atoms with van der Waals surface area (Å²) in [5, 5.41) is 7.53. The van der Waals surface area contributed by atoms with Gasteiger partial charge in [-0.15, -0.1) is 11.3 Å². The van der Waals surface area contributed by atoms with Crippen LogP contribution in [0.2, 0.25) is 5.02 Å². The van der Waals surface area contributed by atoms with E-state index in [1.54, 1.807) is 48.5 Å². The maximum Gasteiger partial charge on any atom is 0.265 e. The Morgan fingerprint density at radius 2 is 1.70 bits per heavy atom. The van der Waals surface area contributed by atoms with Crippen LogP contribution in [0.4, 0.5) is 5.69 Å². The summed E-state index contributed by atoms with van der Waals surface area (Å²) >= 11 is 7.15. The zero-order chi connectivity index (χ0) is 21.6. The lowest BCUT2D eigenvalue weighted by Gasteiger charge is -2.09. The van der Waals surface area contributed by atoms with Gasteiger partial charge in [0.15, 0.2) is 0 Å². The van der Waals surface area contributed by atoms with Gasteiger partial charge in [-0.1, -0.05) is 23.7 Å². The quantitative estimate of drug-likeness (QED) is 0.445. The summed E-state index contributed by atoms with van der Waals surface area (Å²) in [4.78, 5) is 24.9. The standard InChI is InChI=1S/C20H18ClN3O4S2/c21-15-3-1-4-17(13-15)30(27,28)23-11-10-22-19(25)14-6-8-16(9-7-14)24-20(26)18-5-2-12-29-18/h1-9,12-13,23H,10-11H2,(H,22,25)(H,24,26). The molecule has 3 aromatic rings. The number of carbonyl (C=O) groups excluding carboxylic acids is 2. The molecule has 0 spiro atoms. The van der Waals surface area contributed by atoms with Gasteiger partial charge in [0.1, 0.15) is 0 Å². The van der Waals surface area contributed by atoms with Gasteiger partial charge in [0.2, 0.25) is 10.0 Å². The second kappa shape index (κ2) is 9.86. The number of benzene rings is 2. The summed E-state index contributed by atoms with van der Waals surface area (Å²) < 4.78 is 26.8. The van der Waals surface area contributed by atoms with Crippen molar-refractivity contribution in [3.05, 3.63) is 81.5 Å². The number of halogens is 1. The van der Waals surface area contributed by atoms with Crippen LogP contribution in [0.3, 0.4) is 0 Å². The Morgan fingerprint density at radius 3 is 2.37 bits per heavy atom. The maximum atomic E-state index is 12.2. The van der Waals surface area contributed by atoms with Crippen LogP contribution in [0.25, 0.3) is 0 Å². The molecule has 30 heavy (non-hydrogen) atoms. The predicted molar refractivity (Wildman–Crippen MR) is 118 cm³/mol. The lowest BCUT2D eigenvalue weighted by atomic mass is 10.2. The van der Waals surface area contributed by atoms with Crippen molar-refractivity contribution in [2.45, 2.75) is 4.90 Å². The number of sulfonamides is 1. The second-order valence-corrected chi connectivity index (χ2v) is 9.27. The van der Waals surface area contributed by atoms with Crippen LogP contribution in [-0.2, 0) is 10.0 Å². The van der Waals surface area contributed by atoms with Gasteiger partial charge in [-0.3, -0.25) is 9.59 Å². The van der Waals surface area contributed by atoms with Crippen molar-refractivity contribution in [2.24, 2.45) is 0 Å². The molecule has 2 aromatic carbocycles. The number of nitrogens with one attached hydrogen (secondary N) is 3. The van der Waals surface area contributed by atoms with Gasteiger partial charge in [0.25, 0.3) is 11.8 Å². The van der Waals surface area contributed by atoms with E-state index in [0.29, 0.717) is 21.2 Å². The molecule has 3 N–H and O–H groups in total. The van der Waals surface area contributed by atoms with Crippen LogP contribution in [-0.4, -0.2) is 33.3 Å².